The molecule has 1 heterocycles. The number of hydrogen-bond donors (Lipinski definition) is 1. The van der Waals surface area contributed by atoms with Crippen molar-refractivity contribution in [2.75, 3.05) is 6.61 Å². The molecule has 0 spiro atoms. The van der Waals surface area contributed by atoms with Crippen molar-refractivity contribution in [3.8, 4) is 5.75 Å². The molecule has 2 rings (SSSR count). The molecule has 6 heteroatoms. The Morgan fingerprint density at radius 2 is 2.32 bits per heavy atom. The van der Waals surface area contributed by atoms with Gasteiger partial charge in [0.15, 0.2) is 0 Å². The highest BCUT2D eigenvalue weighted by atomic mass is 35.5. The number of carbonyl (C=O) groups excluding carboxylic acids is 1. The molecule has 0 radical (unpaired) electrons. The maximum absolute atomic E-state index is 11.6. The average Bonchev–Trinajstić information content (AvgIpc) is 2.67. The van der Waals surface area contributed by atoms with Crippen LogP contribution in [0.4, 0.5) is 0 Å². The monoisotopic (exact) mass is 311 g/mol. The summed E-state index contributed by atoms with van der Waals surface area (Å²) in [7, 11) is 0. The van der Waals surface area contributed by atoms with Crippen molar-refractivity contribution in [3.63, 3.8) is 0 Å². The summed E-state index contributed by atoms with van der Waals surface area (Å²) in [5, 5.41) is 3.13. The Hall–Kier alpha value is -1.30. The van der Waals surface area contributed by atoms with E-state index in [0.717, 1.165) is 5.56 Å². The Balaban J connectivity index is 2.35. The van der Waals surface area contributed by atoms with Gasteiger partial charge in [-0.25, -0.2) is 0 Å². The molecule has 1 saturated heterocycles. The molecule has 0 bridgehead atoms. The van der Waals surface area contributed by atoms with Crippen LogP contribution in [0.25, 0.3) is 6.08 Å². The van der Waals surface area contributed by atoms with E-state index < -0.39 is 0 Å². The number of halogens is 1. The lowest BCUT2D eigenvalue weighted by molar-refractivity contribution is -0.115. The quantitative estimate of drug-likeness (QED) is 0.525. The Kier molecular flexibility index (Phi) is 4.63. The third kappa shape index (κ3) is 3.59. The normalized spacial score (nSPS) is 16.6. The number of nitrogens with one attached hydrogen (secondary N) is 1. The van der Waals surface area contributed by atoms with Crippen LogP contribution in [0.3, 0.4) is 0 Å². The minimum absolute atomic E-state index is 0.204. The van der Waals surface area contributed by atoms with Crippen LogP contribution in [-0.4, -0.2) is 16.8 Å². The zero-order valence-electron chi connectivity index (χ0n) is 9.81. The van der Waals surface area contributed by atoms with Gasteiger partial charge in [-0.2, -0.15) is 0 Å². The van der Waals surface area contributed by atoms with Gasteiger partial charge in [0.1, 0.15) is 16.7 Å². The smallest absolute Gasteiger partial charge is 0.263 e. The lowest BCUT2D eigenvalue weighted by atomic mass is 10.2. The van der Waals surface area contributed by atoms with Gasteiger partial charge in [-0.15, -0.1) is 0 Å². The molecule has 1 aliphatic heterocycles. The van der Waals surface area contributed by atoms with Crippen molar-refractivity contribution in [2.45, 2.75) is 0 Å². The first-order chi connectivity index (χ1) is 9.10. The zero-order valence-corrected chi connectivity index (χ0v) is 12.2. The van der Waals surface area contributed by atoms with Gasteiger partial charge >= 0.3 is 0 Å². The predicted octanol–water partition coefficient (Wildman–Crippen LogP) is 3.39. The molecule has 1 N–H and O–H groups in total. The first-order valence-corrected chi connectivity index (χ1v) is 6.98. The number of ether oxygens (including phenoxy) is 1. The lowest BCUT2D eigenvalue weighted by Gasteiger charge is -2.08. The van der Waals surface area contributed by atoms with Crippen LogP contribution in [0.2, 0.25) is 5.02 Å². The van der Waals surface area contributed by atoms with E-state index in [1.54, 1.807) is 30.4 Å². The number of rotatable bonds is 4. The number of amides is 1. The van der Waals surface area contributed by atoms with Gasteiger partial charge in [0, 0.05) is 10.6 Å². The summed E-state index contributed by atoms with van der Waals surface area (Å²) in [5.41, 5.74) is 0.733. The number of carbonyl (C=O) groups is 1. The molecule has 98 valence electrons. The molecule has 0 saturated carbocycles. The second-order valence-corrected chi connectivity index (χ2v) is 5.79. The maximum Gasteiger partial charge on any atom is 0.263 e. The van der Waals surface area contributed by atoms with E-state index in [-0.39, 0.29) is 5.91 Å². The Bertz CT molecular complexity index is 584. The van der Waals surface area contributed by atoms with Crippen LogP contribution in [-0.2, 0) is 4.79 Å². The second-order valence-electron chi connectivity index (χ2n) is 3.63. The van der Waals surface area contributed by atoms with Crippen LogP contribution in [0, 0.1) is 0 Å². The SMILES string of the molecule is C=CCOc1ccc(Cl)cc1/C=C1\SC(=S)NC1=O. The predicted molar refractivity (Wildman–Crippen MR) is 83.5 cm³/mol. The summed E-state index contributed by atoms with van der Waals surface area (Å²) in [6.07, 6.45) is 3.36. The zero-order chi connectivity index (χ0) is 13.8. The van der Waals surface area contributed by atoms with Crippen molar-refractivity contribution in [2.24, 2.45) is 0 Å². The van der Waals surface area contributed by atoms with Crippen LogP contribution < -0.4 is 10.1 Å². The highest BCUT2D eigenvalue weighted by Crippen LogP contribution is 2.30. The van der Waals surface area contributed by atoms with Crippen molar-refractivity contribution in [1.29, 1.82) is 0 Å². The molecular weight excluding hydrogens is 302 g/mol. The van der Waals surface area contributed by atoms with Gasteiger partial charge in [-0.05, 0) is 24.3 Å². The molecule has 0 unspecified atom stereocenters. The van der Waals surface area contributed by atoms with E-state index >= 15 is 0 Å². The van der Waals surface area contributed by atoms with E-state index in [9.17, 15) is 4.79 Å². The maximum atomic E-state index is 11.6. The van der Waals surface area contributed by atoms with Gasteiger partial charge in [0.05, 0.1) is 4.91 Å². The molecule has 1 aromatic carbocycles. The van der Waals surface area contributed by atoms with Crippen LogP contribution in [0.1, 0.15) is 5.56 Å². The number of thioether (sulfide) groups is 1. The molecule has 0 aromatic heterocycles. The Labute approximate surface area is 125 Å². The minimum atomic E-state index is -0.204. The number of thiocarbonyl (C=S) groups is 1. The summed E-state index contributed by atoms with van der Waals surface area (Å²) < 4.78 is 5.97. The van der Waals surface area contributed by atoms with Crippen LogP contribution >= 0.6 is 35.6 Å². The molecule has 19 heavy (non-hydrogen) atoms. The summed E-state index contributed by atoms with van der Waals surface area (Å²) in [6.45, 7) is 3.98. The van der Waals surface area contributed by atoms with E-state index in [4.69, 9.17) is 28.6 Å². The number of hydrogen-bond acceptors (Lipinski definition) is 4. The van der Waals surface area contributed by atoms with Gasteiger partial charge in [-0.1, -0.05) is 48.2 Å². The second kappa shape index (κ2) is 6.23. The van der Waals surface area contributed by atoms with Crippen molar-refractivity contribution < 1.29 is 9.53 Å². The van der Waals surface area contributed by atoms with Crippen molar-refractivity contribution in [1.82, 2.24) is 5.32 Å². The van der Waals surface area contributed by atoms with E-state index in [1.807, 2.05) is 0 Å². The van der Waals surface area contributed by atoms with Gasteiger partial charge in [0.2, 0.25) is 0 Å². The van der Waals surface area contributed by atoms with E-state index in [2.05, 4.69) is 11.9 Å². The van der Waals surface area contributed by atoms with Gasteiger partial charge in [0.25, 0.3) is 5.91 Å². The van der Waals surface area contributed by atoms with Crippen LogP contribution in [0.5, 0.6) is 5.75 Å². The summed E-state index contributed by atoms with van der Waals surface area (Å²) in [4.78, 5) is 12.1. The molecule has 0 atom stereocenters. The Morgan fingerprint density at radius 1 is 1.53 bits per heavy atom. The third-order valence-corrected chi connectivity index (χ3v) is 3.65. The van der Waals surface area contributed by atoms with Crippen molar-refractivity contribution >= 4 is 51.9 Å². The minimum Gasteiger partial charge on any atom is -0.489 e. The highest BCUT2D eigenvalue weighted by Gasteiger charge is 2.22. The first kappa shape index (κ1) is 14.1. The fourth-order valence-corrected chi connectivity index (χ4v) is 2.69. The van der Waals surface area contributed by atoms with Gasteiger partial charge in [-0.3, -0.25) is 4.79 Å². The molecule has 1 amide bonds. The standard InChI is InChI=1S/C13H10ClNO2S2/c1-2-5-17-10-4-3-9(14)6-8(10)7-11-12(16)15-13(18)19-11/h2-4,6-7H,1,5H2,(H,15,16,18)/b11-7-. The summed E-state index contributed by atoms with van der Waals surface area (Å²) in [6, 6.07) is 5.23. The topological polar surface area (TPSA) is 38.3 Å². The Morgan fingerprint density at radius 3 is 2.95 bits per heavy atom. The molecular formula is C13H10ClNO2S2. The van der Waals surface area contributed by atoms with Crippen molar-refractivity contribution in [3.05, 3.63) is 46.3 Å². The largest absolute Gasteiger partial charge is 0.489 e. The molecule has 1 fully saturated rings. The lowest BCUT2D eigenvalue weighted by Crippen LogP contribution is -2.17. The average molecular weight is 312 g/mol. The van der Waals surface area contributed by atoms with Gasteiger partial charge < -0.3 is 10.1 Å². The fourth-order valence-electron chi connectivity index (χ4n) is 1.47. The number of benzene rings is 1. The molecule has 0 aliphatic carbocycles. The summed E-state index contributed by atoms with van der Waals surface area (Å²) in [5.74, 6) is 0.438. The molecule has 3 nitrogen and oxygen atoms in total. The summed E-state index contributed by atoms with van der Waals surface area (Å²) >= 11 is 12.1. The third-order valence-electron chi connectivity index (χ3n) is 2.26. The first-order valence-electron chi connectivity index (χ1n) is 5.38. The van der Waals surface area contributed by atoms with E-state index in [1.165, 1.54) is 11.8 Å². The van der Waals surface area contributed by atoms with E-state index in [0.29, 0.717) is 26.6 Å². The highest BCUT2D eigenvalue weighted by molar-refractivity contribution is 8.26. The van der Waals surface area contributed by atoms with Crippen LogP contribution in [0.15, 0.2) is 35.8 Å². The fraction of sp³-hybridized carbons (Fsp3) is 0.0769. The molecule has 1 aliphatic rings. The molecule has 1 aromatic rings.